The molecule has 5 nitrogen and oxygen atoms in total. The van der Waals surface area contributed by atoms with E-state index in [4.69, 9.17) is 5.73 Å². The molecule has 0 aliphatic rings. The molecule has 1 aromatic heterocycles. The molecule has 1 aromatic rings. The van der Waals surface area contributed by atoms with Gasteiger partial charge in [0.05, 0.1) is 5.60 Å². The van der Waals surface area contributed by atoms with Crippen LogP contribution in [0.3, 0.4) is 0 Å². The largest absolute Gasteiger partial charge is 0.390 e. The predicted molar refractivity (Wildman–Crippen MR) is 65.5 cm³/mol. The molecule has 0 spiro atoms. The summed E-state index contributed by atoms with van der Waals surface area (Å²) in [7, 11) is 0. The first-order valence-electron chi connectivity index (χ1n) is 5.39. The molecule has 0 saturated carbocycles. The highest BCUT2D eigenvalue weighted by Gasteiger charge is 2.14. The molecule has 0 saturated heterocycles. The highest BCUT2D eigenvalue weighted by molar-refractivity contribution is 7.99. The van der Waals surface area contributed by atoms with Crippen LogP contribution in [0.1, 0.15) is 26.1 Å². The quantitative estimate of drug-likeness (QED) is 0.724. The molecule has 0 fully saturated rings. The van der Waals surface area contributed by atoms with Gasteiger partial charge in [0.2, 0.25) is 0 Å². The smallest absolute Gasteiger partial charge is 0.191 e. The molecule has 0 aliphatic heterocycles. The van der Waals surface area contributed by atoms with Gasteiger partial charge in [-0.2, -0.15) is 0 Å². The second-order valence-corrected chi connectivity index (χ2v) is 5.44. The number of aliphatic hydroxyl groups is 1. The molecule has 1 rings (SSSR count). The van der Waals surface area contributed by atoms with E-state index < -0.39 is 5.60 Å². The van der Waals surface area contributed by atoms with Crippen molar-refractivity contribution in [2.75, 3.05) is 12.3 Å². The Bertz CT molecular complexity index is 332. The fourth-order valence-corrected chi connectivity index (χ4v) is 2.51. The summed E-state index contributed by atoms with van der Waals surface area (Å²) in [5, 5.41) is 18.6. The van der Waals surface area contributed by atoms with Crippen molar-refractivity contribution in [1.82, 2.24) is 14.8 Å². The van der Waals surface area contributed by atoms with E-state index in [0.717, 1.165) is 29.7 Å². The Hall–Kier alpha value is -0.590. The van der Waals surface area contributed by atoms with Crippen molar-refractivity contribution < 1.29 is 5.11 Å². The molecule has 0 unspecified atom stereocenters. The fraction of sp³-hybridized carbons (Fsp3) is 0.800. The van der Waals surface area contributed by atoms with Crippen molar-refractivity contribution in [3.8, 4) is 0 Å². The number of thioether (sulfide) groups is 1. The van der Waals surface area contributed by atoms with E-state index in [-0.39, 0.29) is 0 Å². The van der Waals surface area contributed by atoms with E-state index in [1.807, 2.05) is 25.3 Å². The van der Waals surface area contributed by atoms with Crippen LogP contribution in [0, 0.1) is 6.92 Å². The van der Waals surface area contributed by atoms with Crippen LogP contribution < -0.4 is 5.73 Å². The van der Waals surface area contributed by atoms with Crippen LogP contribution in [0.4, 0.5) is 0 Å². The summed E-state index contributed by atoms with van der Waals surface area (Å²) in [6.45, 7) is 6.86. The van der Waals surface area contributed by atoms with Gasteiger partial charge < -0.3 is 15.4 Å². The molecular formula is C10H20N4OS. The number of nitrogens with zero attached hydrogens (tertiary/aromatic N) is 3. The third kappa shape index (κ3) is 4.11. The van der Waals surface area contributed by atoms with E-state index >= 15 is 0 Å². The second kappa shape index (κ2) is 5.65. The average molecular weight is 244 g/mol. The third-order valence-electron chi connectivity index (χ3n) is 2.20. The van der Waals surface area contributed by atoms with Gasteiger partial charge in [0.15, 0.2) is 5.16 Å². The third-order valence-corrected chi connectivity index (χ3v) is 3.17. The lowest BCUT2D eigenvalue weighted by molar-refractivity contribution is 0.0777. The van der Waals surface area contributed by atoms with E-state index in [2.05, 4.69) is 10.2 Å². The first-order chi connectivity index (χ1) is 7.44. The molecule has 16 heavy (non-hydrogen) atoms. The highest BCUT2D eigenvalue weighted by Crippen LogP contribution is 2.20. The Morgan fingerprint density at radius 2 is 2.12 bits per heavy atom. The molecule has 0 aromatic carbocycles. The molecule has 0 bridgehead atoms. The number of hydrogen-bond acceptors (Lipinski definition) is 5. The van der Waals surface area contributed by atoms with Gasteiger partial charge in [0.1, 0.15) is 5.82 Å². The SMILES string of the molecule is Cc1nnc(SCCC(C)(C)O)n1CCN. The second-order valence-electron chi connectivity index (χ2n) is 4.38. The molecule has 1 heterocycles. The summed E-state index contributed by atoms with van der Waals surface area (Å²) in [5.41, 5.74) is 4.91. The molecule has 0 amide bonds. The van der Waals surface area contributed by atoms with Crippen molar-refractivity contribution in [2.45, 2.75) is 44.5 Å². The zero-order chi connectivity index (χ0) is 12.2. The van der Waals surface area contributed by atoms with Gasteiger partial charge in [-0.1, -0.05) is 11.8 Å². The monoisotopic (exact) mass is 244 g/mol. The number of aryl methyl sites for hydroxylation is 1. The normalized spacial score (nSPS) is 12.1. The Morgan fingerprint density at radius 1 is 1.44 bits per heavy atom. The minimum Gasteiger partial charge on any atom is -0.390 e. The average Bonchev–Trinajstić information content (AvgIpc) is 2.48. The van der Waals surface area contributed by atoms with Gasteiger partial charge in [-0.25, -0.2) is 0 Å². The van der Waals surface area contributed by atoms with Crippen LogP contribution in [-0.2, 0) is 6.54 Å². The van der Waals surface area contributed by atoms with Crippen molar-refractivity contribution in [2.24, 2.45) is 5.73 Å². The molecule has 0 radical (unpaired) electrons. The Labute approximate surface area is 100 Å². The molecule has 6 heteroatoms. The molecule has 92 valence electrons. The number of rotatable bonds is 6. The van der Waals surface area contributed by atoms with Crippen LogP contribution in [0.2, 0.25) is 0 Å². The maximum atomic E-state index is 9.60. The van der Waals surface area contributed by atoms with E-state index in [0.29, 0.717) is 6.54 Å². The maximum Gasteiger partial charge on any atom is 0.191 e. The number of hydrogen-bond donors (Lipinski definition) is 2. The fourth-order valence-electron chi connectivity index (χ4n) is 1.25. The summed E-state index contributed by atoms with van der Waals surface area (Å²) in [5.74, 6) is 1.71. The van der Waals surface area contributed by atoms with Crippen LogP contribution in [0.5, 0.6) is 0 Å². The van der Waals surface area contributed by atoms with Gasteiger partial charge in [0.25, 0.3) is 0 Å². The summed E-state index contributed by atoms with van der Waals surface area (Å²) in [6, 6.07) is 0. The Kier molecular flexibility index (Phi) is 4.76. The number of aromatic nitrogens is 3. The topological polar surface area (TPSA) is 77.0 Å². The minimum absolute atomic E-state index is 0.581. The standard InChI is InChI=1S/C10H20N4OS/c1-8-12-13-9(14(8)6-5-11)16-7-4-10(2,3)15/h15H,4-7,11H2,1-3H3. The lowest BCUT2D eigenvalue weighted by atomic mass is 10.1. The summed E-state index contributed by atoms with van der Waals surface area (Å²) < 4.78 is 2.01. The molecular weight excluding hydrogens is 224 g/mol. The van der Waals surface area contributed by atoms with E-state index in [1.165, 1.54) is 0 Å². The molecule has 0 atom stereocenters. The Balaban J connectivity index is 2.53. The summed E-state index contributed by atoms with van der Waals surface area (Å²) in [4.78, 5) is 0. The minimum atomic E-state index is -0.624. The van der Waals surface area contributed by atoms with Gasteiger partial charge in [-0.05, 0) is 27.2 Å². The van der Waals surface area contributed by atoms with Crippen molar-refractivity contribution in [3.05, 3.63) is 5.82 Å². The summed E-state index contributed by atoms with van der Waals surface area (Å²) >= 11 is 1.61. The van der Waals surface area contributed by atoms with Crippen LogP contribution >= 0.6 is 11.8 Å². The van der Waals surface area contributed by atoms with E-state index in [1.54, 1.807) is 11.8 Å². The van der Waals surface area contributed by atoms with Gasteiger partial charge in [0, 0.05) is 18.8 Å². The van der Waals surface area contributed by atoms with Crippen molar-refractivity contribution in [3.63, 3.8) is 0 Å². The van der Waals surface area contributed by atoms with Gasteiger partial charge >= 0.3 is 0 Å². The molecule has 0 aliphatic carbocycles. The first kappa shape index (κ1) is 13.5. The zero-order valence-electron chi connectivity index (χ0n) is 10.1. The predicted octanol–water partition coefficient (Wildman–Crippen LogP) is 0.798. The van der Waals surface area contributed by atoms with Crippen molar-refractivity contribution in [1.29, 1.82) is 0 Å². The lowest BCUT2D eigenvalue weighted by Crippen LogP contribution is -2.19. The van der Waals surface area contributed by atoms with Crippen LogP contribution in [0.15, 0.2) is 5.16 Å². The summed E-state index contributed by atoms with van der Waals surface area (Å²) in [6.07, 6.45) is 0.728. The van der Waals surface area contributed by atoms with E-state index in [9.17, 15) is 5.11 Å². The van der Waals surface area contributed by atoms with Crippen molar-refractivity contribution >= 4 is 11.8 Å². The van der Waals surface area contributed by atoms with Crippen LogP contribution in [0.25, 0.3) is 0 Å². The van der Waals surface area contributed by atoms with Crippen LogP contribution in [-0.4, -0.2) is 37.8 Å². The maximum absolute atomic E-state index is 9.60. The number of nitrogens with two attached hydrogens (primary N) is 1. The molecule has 3 N–H and O–H groups in total. The van der Waals surface area contributed by atoms with Gasteiger partial charge in [-0.3, -0.25) is 0 Å². The van der Waals surface area contributed by atoms with Gasteiger partial charge in [-0.15, -0.1) is 10.2 Å². The highest BCUT2D eigenvalue weighted by atomic mass is 32.2. The lowest BCUT2D eigenvalue weighted by Gasteiger charge is -2.16. The first-order valence-corrected chi connectivity index (χ1v) is 6.37. The Morgan fingerprint density at radius 3 is 2.69 bits per heavy atom. The zero-order valence-corrected chi connectivity index (χ0v) is 10.9.